The van der Waals surface area contributed by atoms with Gasteiger partial charge >= 0.3 is 5.97 Å². The number of hydrogen-bond acceptors (Lipinski definition) is 4. The molecule has 0 aliphatic rings. The molecule has 0 fully saturated rings. The summed E-state index contributed by atoms with van der Waals surface area (Å²) in [6.45, 7) is 0. The molecule has 0 aromatic heterocycles. The normalized spacial score (nSPS) is 11.0. The number of para-hydroxylation sites is 1. The second kappa shape index (κ2) is 6.88. The van der Waals surface area contributed by atoms with E-state index in [1.54, 1.807) is 0 Å². The molecule has 1 aromatic rings. The fourth-order valence-corrected chi connectivity index (χ4v) is 0.554. The Morgan fingerprint density at radius 3 is 2.07 bits per heavy atom. The molecule has 0 saturated heterocycles. The summed E-state index contributed by atoms with van der Waals surface area (Å²) in [5, 5.41) is 15.9. The highest BCUT2D eigenvalue weighted by Crippen LogP contribution is 1.95. The van der Waals surface area contributed by atoms with Gasteiger partial charge in [0.2, 0.25) is 0 Å². The third-order valence-corrected chi connectivity index (χ3v) is 1.23. The van der Waals surface area contributed by atoms with Crippen molar-refractivity contribution in [1.82, 2.24) is 0 Å². The van der Waals surface area contributed by atoms with Gasteiger partial charge < -0.3 is 20.7 Å². The number of carboxylic acids is 1. The monoisotopic (exact) mass is 199 g/mol. The van der Waals surface area contributed by atoms with E-state index in [1.807, 2.05) is 30.3 Å². The first-order chi connectivity index (χ1) is 6.57. The van der Waals surface area contributed by atoms with Crippen LogP contribution in [0.2, 0.25) is 0 Å². The largest absolute Gasteiger partial charge is 0.477 e. The van der Waals surface area contributed by atoms with Crippen molar-refractivity contribution in [1.29, 1.82) is 0 Å². The molecular weight excluding hydrogens is 186 g/mol. The second-order valence-corrected chi connectivity index (χ2v) is 2.34. The maximum absolute atomic E-state index is 9.56. The quantitative estimate of drug-likeness (QED) is 0.470. The summed E-state index contributed by atoms with van der Waals surface area (Å²) in [4.78, 5) is 9.56. The van der Waals surface area contributed by atoms with Crippen molar-refractivity contribution in [3.05, 3.63) is 30.3 Å². The van der Waals surface area contributed by atoms with Gasteiger partial charge in [0, 0.05) is 12.8 Å². The molecule has 1 unspecified atom stereocenters. The van der Waals surface area contributed by atoms with Gasteiger partial charge in [0.1, 0.15) is 0 Å². The molecule has 1 rings (SSSR count). The number of carboxylic acid groups (broad SMARTS) is 1. The maximum Gasteiger partial charge on any atom is 0.360 e. The molecular formula is C9H13NO4. The number of aliphatic hydroxyl groups excluding tert-OH is 1. The van der Waals surface area contributed by atoms with Crippen LogP contribution in [0.3, 0.4) is 0 Å². The molecule has 0 aliphatic heterocycles. The number of ether oxygens (including phenoxy) is 1. The Morgan fingerprint density at radius 1 is 1.43 bits per heavy atom. The van der Waals surface area contributed by atoms with E-state index in [1.165, 1.54) is 0 Å². The van der Waals surface area contributed by atoms with Crippen molar-refractivity contribution in [3.8, 4) is 0 Å². The molecule has 1 aromatic carbocycles. The van der Waals surface area contributed by atoms with Gasteiger partial charge in [-0.3, -0.25) is 0 Å². The van der Waals surface area contributed by atoms with E-state index in [0.717, 1.165) is 12.8 Å². The Balaban J connectivity index is 0.000000241. The molecule has 14 heavy (non-hydrogen) atoms. The van der Waals surface area contributed by atoms with Gasteiger partial charge in [-0.05, 0) is 12.1 Å². The summed E-state index contributed by atoms with van der Waals surface area (Å²) in [6, 6.07) is 9.49. The minimum Gasteiger partial charge on any atom is -0.477 e. The van der Waals surface area contributed by atoms with Crippen LogP contribution in [0.25, 0.3) is 0 Å². The van der Waals surface area contributed by atoms with Crippen LogP contribution in [-0.4, -0.2) is 29.6 Å². The Labute approximate surface area is 81.7 Å². The predicted molar refractivity (Wildman–Crippen MR) is 51.5 cm³/mol. The lowest BCUT2D eigenvalue weighted by Crippen LogP contribution is -2.20. The summed E-state index contributed by atoms with van der Waals surface area (Å²) in [6.07, 6.45) is -1.68. The summed E-state index contributed by atoms with van der Waals surface area (Å²) >= 11 is 0. The Kier molecular flexibility index (Phi) is 6.09. The van der Waals surface area contributed by atoms with Crippen molar-refractivity contribution < 1.29 is 19.7 Å². The van der Waals surface area contributed by atoms with Gasteiger partial charge in [-0.1, -0.05) is 18.2 Å². The summed E-state index contributed by atoms with van der Waals surface area (Å²) in [7, 11) is 1.11. The highest BCUT2D eigenvalue weighted by Gasteiger charge is 2.08. The van der Waals surface area contributed by atoms with E-state index in [9.17, 15) is 4.79 Å². The minimum absolute atomic E-state index is 0.822. The standard InChI is InChI=1S/C6H7N.C3H6O4/c7-6-4-2-1-3-5-6;1-7-3(6)2(4)5/h1-5H,7H2;3,6H,1H3,(H,4,5). The number of nitrogen functional groups attached to an aromatic ring is 1. The first-order valence-corrected chi connectivity index (χ1v) is 3.82. The fourth-order valence-electron chi connectivity index (χ4n) is 0.554. The number of benzene rings is 1. The van der Waals surface area contributed by atoms with E-state index < -0.39 is 12.3 Å². The highest BCUT2D eigenvalue weighted by molar-refractivity contribution is 5.70. The topological polar surface area (TPSA) is 92.8 Å². The third-order valence-electron chi connectivity index (χ3n) is 1.23. The van der Waals surface area contributed by atoms with Crippen molar-refractivity contribution in [2.24, 2.45) is 0 Å². The lowest BCUT2D eigenvalue weighted by atomic mass is 10.3. The summed E-state index contributed by atoms with van der Waals surface area (Å²) < 4.78 is 3.97. The van der Waals surface area contributed by atoms with Gasteiger partial charge in [0.15, 0.2) is 0 Å². The molecule has 0 heterocycles. The number of nitrogens with two attached hydrogens (primary N) is 1. The second-order valence-electron chi connectivity index (χ2n) is 2.34. The van der Waals surface area contributed by atoms with E-state index >= 15 is 0 Å². The molecule has 4 N–H and O–H groups in total. The number of rotatable bonds is 2. The predicted octanol–water partition coefficient (Wildman–Crippen LogP) is 0.305. The van der Waals surface area contributed by atoms with Gasteiger partial charge in [0.05, 0.1) is 0 Å². The smallest absolute Gasteiger partial charge is 0.360 e. The van der Waals surface area contributed by atoms with Gasteiger partial charge in [-0.2, -0.15) is 0 Å². The number of carbonyl (C=O) groups is 1. The zero-order valence-electron chi connectivity index (χ0n) is 7.75. The van der Waals surface area contributed by atoms with Crippen molar-refractivity contribution in [2.75, 3.05) is 12.8 Å². The van der Waals surface area contributed by atoms with E-state index in [2.05, 4.69) is 4.74 Å². The number of methoxy groups -OCH3 is 1. The highest BCUT2D eigenvalue weighted by atomic mass is 16.6. The number of aliphatic hydroxyl groups is 1. The lowest BCUT2D eigenvalue weighted by Gasteiger charge is -1.97. The van der Waals surface area contributed by atoms with Crippen molar-refractivity contribution >= 4 is 11.7 Å². The van der Waals surface area contributed by atoms with Crippen LogP contribution >= 0.6 is 0 Å². The van der Waals surface area contributed by atoms with Crippen molar-refractivity contribution in [3.63, 3.8) is 0 Å². The fraction of sp³-hybridized carbons (Fsp3) is 0.222. The van der Waals surface area contributed by atoms with Crippen LogP contribution in [0.5, 0.6) is 0 Å². The van der Waals surface area contributed by atoms with Crippen LogP contribution in [0.4, 0.5) is 5.69 Å². The molecule has 1 atom stereocenters. The van der Waals surface area contributed by atoms with Crippen LogP contribution in [-0.2, 0) is 9.53 Å². The van der Waals surface area contributed by atoms with Gasteiger partial charge in [-0.25, -0.2) is 4.79 Å². The van der Waals surface area contributed by atoms with Crippen LogP contribution in [0.15, 0.2) is 30.3 Å². The zero-order valence-corrected chi connectivity index (χ0v) is 7.75. The van der Waals surface area contributed by atoms with Crippen LogP contribution in [0.1, 0.15) is 0 Å². The summed E-state index contributed by atoms with van der Waals surface area (Å²) in [5.41, 5.74) is 6.18. The molecule has 0 bridgehead atoms. The number of anilines is 1. The van der Waals surface area contributed by atoms with Crippen LogP contribution in [0, 0.1) is 0 Å². The molecule has 5 heteroatoms. The SMILES string of the molecule is COC(O)C(=O)O.Nc1ccccc1. The molecule has 0 saturated carbocycles. The summed E-state index contributed by atoms with van der Waals surface area (Å²) in [5.74, 6) is -1.37. The molecule has 0 spiro atoms. The minimum atomic E-state index is -1.68. The average Bonchev–Trinajstić information content (AvgIpc) is 2.18. The van der Waals surface area contributed by atoms with E-state index in [-0.39, 0.29) is 0 Å². The first kappa shape index (κ1) is 12.4. The first-order valence-electron chi connectivity index (χ1n) is 3.82. The number of aliphatic carboxylic acids is 1. The molecule has 0 aliphatic carbocycles. The lowest BCUT2D eigenvalue weighted by molar-refractivity contribution is -0.171. The van der Waals surface area contributed by atoms with Crippen LogP contribution < -0.4 is 5.73 Å². The van der Waals surface area contributed by atoms with Gasteiger partial charge in [0.25, 0.3) is 6.29 Å². The number of hydrogen-bond donors (Lipinski definition) is 3. The molecule has 78 valence electrons. The van der Waals surface area contributed by atoms with E-state index in [4.69, 9.17) is 15.9 Å². The molecule has 0 radical (unpaired) electrons. The molecule has 5 nitrogen and oxygen atoms in total. The van der Waals surface area contributed by atoms with Gasteiger partial charge in [-0.15, -0.1) is 0 Å². The Bertz CT molecular complexity index is 263. The Morgan fingerprint density at radius 2 is 1.93 bits per heavy atom. The van der Waals surface area contributed by atoms with E-state index in [0.29, 0.717) is 0 Å². The third kappa shape index (κ3) is 5.99. The Hall–Kier alpha value is -1.59. The molecule has 0 amide bonds. The van der Waals surface area contributed by atoms with Crippen molar-refractivity contribution in [2.45, 2.75) is 6.29 Å². The maximum atomic E-state index is 9.56. The average molecular weight is 199 g/mol. The zero-order chi connectivity index (χ0) is 11.0.